The van der Waals surface area contributed by atoms with Crippen molar-refractivity contribution in [2.24, 2.45) is 11.3 Å². The molecule has 2 aliphatic rings. The third-order valence-electron chi connectivity index (χ3n) is 9.27. The predicted octanol–water partition coefficient (Wildman–Crippen LogP) is 6.11. The minimum absolute atomic E-state index is 0.0804. The smallest absolute Gasteiger partial charge is 0.326 e. The standard InChI is InChI=1S/C31H38N2O3/c1-19(2)20-10-12-24-21(16-20)11-13-27-30(24,3)14-7-15-31(27,4)29(36)33-26(28(34)35)17-22-18-32-25-9-6-5-8-23(22)25/h5-6,8-10,12,16,18-19,26-27,32H,7,11,13-15,17H2,1-4H3,(H,33,36)(H,34,35)/t26-,27-,30-,31-/m1/s1. The fourth-order valence-electron chi connectivity index (χ4n) is 7.19. The Morgan fingerprint density at radius 3 is 2.67 bits per heavy atom. The predicted molar refractivity (Wildman–Crippen MR) is 143 cm³/mol. The molecule has 3 N–H and O–H groups in total. The molecule has 0 bridgehead atoms. The molecule has 190 valence electrons. The first-order chi connectivity index (χ1) is 17.1. The molecule has 5 rings (SSSR count). The summed E-state index contributed by atoms with van der Waals surface area (Å²) < 4.78 is 0. The fraction of sp³-hybridized carbons (Fsp3) is 0.484. The maximum Gasteiger partial charge on any atom is 0.326 e. The van der Waals surface area contributed by atoms with E-state index in [1.165, 1.54) is 16.7 Å². The molecule has 0 radical (unpaired) electrons. The number of carboxylic acids is 1. The second kappa shape index (κ2) is 9.10. The number of hydrogen-bond acceptors (Lipinski definition) is 2. The number of carbonyl (C=O) groups excluding carboxylic acids is 1. The van der Waals surface area contributed by atoms with Gasteiger partial charge in [0.15, 0.2) is 0 Å². The third-order valence-corrected chi connectivity index (χ3v) is 9.27. The van der Waals surface area contributed by atoms with E-state index in [4.69, 9.17) is 0 Å². The number of aryl methyl sites for hydroxylation is 1. The Morgan fingerprint density at radius 1 is 1.14 bits per heavy atom. The molecule has 0 saturated heterocycles. The Morgan fingerprint density at radius 2 is 1.92 bits per heavy atom. The largest absolute Gasteiger partial charge is 0.480 e. The first kappa shape index (κ1) is 24.6. The van der Waals surface area contributed by atoms with Crippen LogP contribution in [-0.2, 0) is 27.8 Å². The summed E-state index contributed by atoms with van der Waals surface area (Å²) in [4.78, 5) is 29.4. The molecule has 3 aromatic rings. The number of carboxylic acid groups (broad SMARTS) is 1. The van der Waals surface area contributed by atoms with Crippen LogP contribution >= 0.6 is 0 Å². The normalized spacial score (nSPS) is 26.3. The Kier molecular flexibility index (Phi) is 6.22. The number of hydrogen-bond donors (Lipinski definition) is 3. The summed E-state index contributed by atoms with van der Waals surface area (Å²) in [6.07, 6.45) is 6.85. The molecule has 5 nitrogen and oxygen atoms in total. The number of benzene rings is 2. The van der Waals surface area contributed by atoms with Gasteiger partial charge in [-0.25, -0.2) is 4.79 Å². The van der Waals surface area contributed by atoms with Gasteiger partial charge in [0, 0.05) is 23.5 Å². The van der Waals surface area contributed by atoms with E-state index in [0.717, 1.165) is 48.6 Å². The van der Waals surface area contributed by atoms with Gasteiger partial charge in [0.1, 0.15) is 6.04 Å². The quantitative estimate of drug-likeness (QED) is 0.393. The minimum Gasteiger partial charge on any atom is -0.480 e. The van der Waals surface area contributed by atoms with Gasteiger partial charge < -0.3 is 15.4 Å². The number of aliphatic carboxylic acids is 1. The van der Waals surface area contributed by atoms with Crippen molar-refractivity contribution in [2.75, 3.05) is 0 Å². The lowest BCUT2D eigenvalue weighted by atomic mass is 9.49. The monoisotopic (exact) mass is 486 g/mol. The van der Waals surface area contributed by atoms with Gasteiger partial charge in [0.2, 0.25) is 5.91 Å². The van der Waals surface area contributed by atoms with Gasteiger partial charge in [-0.2, -0.15) is 0 Å². The van der Waals surface area contributed by atoms with Gasteiger partial charge >= 0.3 is 5.97 Å². The minimum atomic E-state index is -0.994. The first-order valence-electron chi connectivity index (χ1n) is 13.4. The van der Waals surface area contributed by atoms with Gasteiger partial charge in [-0.3, -0.25) is 4.79 Å². The SMILES string of the molecule is CC(C)c1ccc2c(c1)CC[C@H]1[C@](C)(C(=O)N[C@H](Cc3c[nH]c4ccccc34)C(=O)O)CCC[C@]21C. The van der Waals surface area contributed by atoms with E-state index in [-0.39, 0.29) is 23.7 Å². The third kappa shape index (κ3) is 4.03. The van der Waals surface area contributed by atoms with Crippen LogP contribution in [0, 0.1) is 11.3 Å². The Bertz CT molecular complexity index is 1310. The van der Waals surface area contributed by atoms with Crippen LogP contribution in [0.4, 0.5) is 0 Å². The second-order valence-electron chi connectivity index (χ2n) is 11.8. The molecule has 4 atom stereocenters. The number of rotatable bonds is 6. The van der Waals surface area contributed by atoms with Crippen molar-refractivity contribution in [3.63, 3.8) is 0 Å². The van der Waals surface area contributed by atoms with Crippen molar-refractivity contribution < 1.29 is 14.7 Å². The maximum absolute atomic E-state index is 13.9. The number of carbonyl (C=O) groups is 2. The molecule has 2 aliphatic carbocycles. The lowest BCUT2D eigenvalue weighted by molar-refractivity contribution is -0.147. The average Bonchev–Trinajstić information content (AvgIpc) is 3.26. The van der Waals surface area contributed by atoms with Crippen LogP contribution in [0.5, 0.6) is 0 Å². The highest BCUT2D eigenvalue weighted by molar-refractivity contribution is 5.89. The van der Waals surface area contributed by atoms with Crippen molar-refractivity contribution in [3.05, 3.63) is 70.9 Å². The highest BCUT2D eigenvalue weighted by atomic mass is 16.4. The van der Waals surface area contributed by atoms with Crippen LogP contribution in [0.25, 0.3) is 10.9 Å². The van der Waals surface area contributed by atoms with Crippen LogP contribution in [0.15, 0.2) is 48.7 Å². The Labute approximate surface area is 213 Å². The highest BCUT2D eigenvalue weighted by Gasteiger charge is 2.55. The van der Waals surface area contributed by atoms with Crippen molar-refractivity contribution in [1.82, 2.24) is 10.3 Å². The van der Waals surface area contributed by atoms with Gasteiger partial charge in [-0.1, -0.05) is 70.5 Å². The number of aromatic nitrogens is 1. The van der Waals surface area contributed by atoms with Crippen LogP contribution in [-0.4, -0.2) is 28.0 Å². The van der Waals surface area contributed by atoms with Gasteiger partial charge in [0.25, 0.3) is 0 Å². The summed E-state index contributed by atoms with van der Waals surface area (Å²) in [7, 11) is 0. The number of H-pyrrole nitrogens is 1. The Balaban J connectivity index is 1.41. The van der Waals surface area contributed by atoms with E-state index in [1.54, 1.807) is 0 Å². The van der Waals surface area contributed by atoms with Gasteiger partial charge in [0.05, 0.1) is 5.41 Å². The summed E-state index contributed by atoms with van der Waals surface area (Å²) in [6.45, 7) is 8.86. The zero-order valence-corrected chi connectivity index (χ0v) is 21.9. The van der Waals surface area contributed by atoms with Gasteiger partial charge in [-0.15, -0.1) is 0 Å². The summed E-state index contributed by atoms with van der Waals surface area (Å²) in [5, 5.41) is 14.0. The molecular weight excluding hydrogens is 448 g/mol. The number of nitrogens with one attached hydrogen (secondary N) is 2. The molecule has 36 heavy (non-hydrogen) atoms. The Hall–Kier alpha value is -3.08. The first-order valence-corrected chi connectivity index (χ1v) is 13.4. The van der Waals surface area contributed by atoms with E-state index in [1.807, 2.05) is 30.5 Å². The van der Waals surface area contributed by atoms with Crippen LogP contribution < -0.4 is 5.32 Å². The molecule has 1 fully saturated rings. The maximum atomic E-state index is 13.9. The molecule has 2 aromatic carbocycles. The molecular formula is C31H38N2O3. The van der Waals surface area contributed by atoms with Crippen LogP contribution in [0.3, 0.4) is 0 Å². The summed E-state index contributed by atoms with van der Waals surface area (Å²) in [6, 6.07) is 13.8. The van der Waals surface area contributed by atoms with Crippen molar-refractivity contribution in [3.8, 4) is 0 Å². The van der Waals surface area contributed by atoms with Crippen LogP contribution in [0.1, 0.15) is 81.5 Å². The zero-order valence-electron chi connectivity index (χ0n) is 21.9. The molecule has 1 amide bonds. The van der Waals surface area contributed by atoms with E-state index in [0.29, 0.717) is 5.92 Å². The lowest BCUT2D eigenvalue weighted by Crippen LogP contribution is -2.57. The van der Waals surface area contributed by atoms with Crippen molar-refractivity contribution >= 4 is 22.8 Å². The molecule has 1 heterocycles. The fourth-order valence-corrected chi connectivity index (χ4v) is 7.19. The van der Waals surface area contributed by atoms with Gasteiger partial charge in [-0.05, 0) is 71.3 Å². The van der Waals surface area contributed by atoms with E-state index in [9.17, 15) is 14.7 Å². The molecule has 5 heteroatoms. The number of aromatic amines is 1. The summed E-state index contributed by atoms with van der Waals surface area (Å²) in [5.74, 6) is -0.439. The number of amides is 1. The van der Waals surface area contributed by atoms with Crippen LogP contribution in [0.2, 0.25) is 0 Å². The average molecular weight is 487 g/mol. The number of fused-ring (bicyclic) bond motifs is 4. The second-order valence-corrected chi connectivity index (χ2v) is 11.8. The number of para-hydroxylation sites is 1. The molecule has 1 aromatic heterocycles. The molecule has 0 unspecified atom stereocenters. The highest BCUT2D eigenvalue weighted by Crippen LogP contribution is 2.57. The molecule has 0 aliphatic heterocycles. The van der Waals surface area contributed by atoms with E-state index in [2.05, 4.69) is 56.2 Å². The summed E-state index contributed by atoms with van der Waals surface area (Å²) >= 11 is 0. The topological polar surface area (TPSA) is 82.2 Å². The zero-order chi connectivity index (χ0) is 25.7. The molecule has 0 spiro atoms. The summed E-state index contributed by atoms with van der Waals surface area (Å²) in [5.41, 5.74) is 5.37. The molecule has 1 saturated carbocycles. The van der Waals surface area contributed by atoms with Crippen molar-refractivity contribution in [1.29, 1.82) is 0 Å². The van der Waals surface area contributed by atoms with Crippen molar-refractivity contribution in [2.45, 2.75) is 83.6 Å². The van der Waals surface area contributed by atoms with E-state index >= 15 is 0 Å². The van der Waals surface area contributed by atoms with E-state index < -0.39 is 17.4 Å². The lowest BCUT2D eigenvalue weighted by Gasteiger charge is -2.54.